The first kappa shape index (κ1) is 12.1. The molecule has 0 radical (unpaired) electrons. The Morgan fingerprint density at radius 1 is 1.13 bits per heavy atom. The molecule has 1 aromatic rings. The van der Waals surface area contributed by atoms with Crippen LogP contribution in [0.1, 0.15) is 26.3 Å². The zero-order valence-corrected chi connectivity index (χ0v) is 9.83. The minimum Gasteiger partial charge on any atom is -0.396 e. The van der Waals surface area contributed by atoms with E-state index in [1.54, 1.807) is 0 Å². The van der Waals surface area contributed by atoms with Crippen LogP contribution in [0.3, 0.4) is 0 Å². The van der Waals surface area contributed by atoms with Crippen LogP contribution >= 0.6 is 0 Å². The van der Waals surface area contributed by atoms with E-state index in [1.165, 1.54) is 5.56 Å². The second-order valence-electron chi connectivity index (χ2n) is 4.35. The molecule has 0 heterocycles. The summed E-state index contributed by atoms with van der Waals surface area (Å²) >= 11 is 0. The van der Waals surface area contributed by atoms with E-state index < -0.39 is 0 Å². The van der Waals surface area contributed by atoms with E-state index in [0.717, 1.165) is 12.1 Å². The van der Waals surface area contributed by atoms with E-state index in [1.807, 2.05) is 0 Å². The van der Waals surface area contributed by atoms with Gasteiger partial charge in [-0.05, 0) is 37.0 Å². The van der Waals surface area contributed by atoms with Crippen LogP contribution in [0.5, 0.6) is 0 Å². The van der Waals surface area contributed by atoms with Crippen LogP contribution in [0.2, 0.25) is 0 Å². The molecule has 0 spiro atoms. The molecule has 2 N–H and O–H groups in total. The van der Waals surface area contributed by atoms with Gasteiger partial charge in [-0.1, -0.05) is 26.0 Å². The minimum atomic E-state index is 0.217. The highest BCUT2D eigenvalue weighted by molar-refractivity contribution is 5.45. The van der Waals surface area contributed by atoms with Crippen molar-refractivity contribution in [3.63, 3.8) is 0 Å². The van der Waals surface area contributed by atoms with E-state index in [9.17, 15) is 0 Å². The second-order valence-corrected chi connectivity index (χ2v) is 4.35. The summed E-state index contributed by atoms with van der Waals surface area (Å²) in [5.41, 5.74) is 2.33. The Hall–Kier alpha value is -1.02. The molecule has 1 rings (SSSR count). The van der Waals surface area contributed by atoms with Crippen molar-refractivity contribution in [1.82, 2.24) is 0 Å². The van der Waals surface area contributed by atoms with Crippen molar-refractivity contribution in [2.24, 2.45) is 5.92 Å². The highest BCUT2D eigenvalue weighted by Crippen LogP contribution is 2.13. The Labute approximate surface area is 92.3 Å². The number of anilines is 1. The lowest BCUT2D eigenvalue weighted by atomic mass is 10.1. The lowest BCUT2D eigenvalue weighted by Crippen LogP contribution is -2.21. The third-order valence-corrected chi connectivity index (χ3v) is 2.75. The van der Waals surface area contributed by atoms with Crippen LogP contribution in [-0.2, 0) is 6.42 Å². The Kier molecular flexibility index (Phi) is 4.63. The average molecular weight is 207 g/mol. The van der Waals surface area contributed by atoms with E-state index in [4.69, 9.17) is 5.11 Å². The van der Waals surface area contributed by atoms with Crippen molar-refractivity contribution in [3.8, 4) is 0 Å². The van der Waals surface area contributed by atoms with Gasteiger partial charge in [-0.3, -0.25) is 0 Å². The van der Waals surface area contributed by atoms with Gasteiger partial charge in [0.15, 0.2) is 0 Å². The smallest absolute Gasteiger partial charge is 0.0471 e. The highest BCUT2D eigenvalue weighted by Gasteiger charge is 2.05. The summed E-state index contributed by atoms with van der Waals surface area (Å²) in [7, 11) is 0. The molecule has 0 aliphatic carbocycles. The summed E-state index contributed by atoms with van der Waals surface area (Å²) < 4.78 is 0. The SMILES string of the molecule is CC(C)[C@H](C)Nc1ccc(CCO)cc1. The molecule has 0 saturated heterocycles. The van der Waals surface area contributed by atoms with Crippen LogP contribution in [-0.4, -0.2) is 17.8 Å². The zero-order valence-electron chi connectivity index (χ0n) is 9.83. The van der Waals surface area contributed by atoms with Gasteiger partial charge in [0, 0.05) is 18.3 Å². The lowest BCUT2D eigenvalue weighted by molar-refractivity contribution is 0.299. The van der Waals surface area contributed by atoms with Gasteiger partial charge in [0.05, 0.1) is 0 Å². The number of aliphatic hydroxyl groups excluding tert-OH is 1. The number of nitrogens with one attached hydrogen (secondary N) is 1. The summed E-state index contributed by atoms with van der Waals surface area (Å²) in [5.74, 6) is 0.627. The summed E-state index contributed by atoms with van der Waals surface area (Å²) in [6.07, 6.45) is 0.736. The first-order valence-corrected chi connectivity index (χ1v) is 5.60. The summed E-state index contributed by atoms with van der Waals surface area (Å²) in [6, 6.07) is 8.75. The van der Waals surface area contributed by atoms with Crippen molar-refractivity contribution in [2.75, 3.05) is 11.9 Å². The van der Waals surface area contributed by atoms with Gasteiger partial charge >= 0.3 is 0 Å². The van der Waals surface area contributed by atoms with Gasteiger partial charge in [0.25, 0.3) is 0 Å². The predicted octanol–water partition coefficient (Wildman–Crippen LogP) is 2.68. The Morgan fingerprint density at radius 2 is 1.73 bits per heavy atom. The molecule has 1 atom stereocenters. The fourth-order valence-corrected chi connectivity index (χ4v) is 1.33. The van der Waals surface area contributed by atoms with E-state index in [0.29, 0.717) is 12.0 Å². The van der Waals surface area contributed by atoms with Crippen molar-refractivity contribution >= 4 is 5.69 Å². The maximum Gasteiger partial charge on any atom is 0.0471 e. The molecule has 0 saturated carbocycles. The maximum absolute atomic E-state index is 8.79. The van der Waals surface area contributed by atoms with Crippen LogP contribution in [0.25, 0.3) is 0 Å². The molecule has 0 aliphatic heterocycles. The van der Waals surface area contributed by atoms with Crippen molar-refractivity contribution in [3.05, 3.63) is 29.8 Å². The number of aliphatic hydroxyl groups is 1. The van der Waals surface area contributed by atoms with Crippen molar-refractivity contribution in [2.45, 2.75) is 33.2 Å². The van der Waals surface area contributed by atoms with Crippen molar-refractivity contribution in [1.29, 1.82) is 0 Å². The number of hydrogen-bond acceptors (Lipinski definition) is 2. The molecular weight excluding hydrogens is 186 g/mol. The summed E-state index contributed by atoms with van der Waals surface area (Å²) in [5, 5.41) is 12.2. The van der Waals surface area contributed by atoms with E-state index >= 15 is 0 Å². The third kappa shape index (κ3) is 3.92. The largest absolute Gasteiger partial charge is 0.396 e. The van der Waals surface area contributed by atoms with Crippen LogP contribution < -0.4 is 5.32 Å². The van der Waals surface area contributed by atoms with E-state index in [-0.39, 0.29) is 6.61 Å². The third-order valence-electron chi connectivity index (χ3n) is 2.75. The summed E-state index contributed by atoms with van der Waals surface area (Å²) in [6.45, 7) is 6.82. The van der Waals surface area contributed by atoms with Gasteiger partial charge < -0.3 is 10.4 Å². The number of benzene rings is 1. The maximum atomic E-state index is 8.79. The Morgan fingerprint density at radius 3 is 2.20 bits per heavy atom. The lowest BCUT2D eigenvalue weighted by Gasteiger charge is -2.18. The van der Waals surface area contributed by atoms with Gasteiger partial charge in [-0.15, -0.1) is 0 Å². The Balaban J connectivity index is 2.56. The van der Waals surface area contributed by atoms with Gasteiger partial charge in [0.2, 0.25) is 0 Å². The molecule has 2 nitrogen and oxygen atoms in total. The molecule has 0 amide bonds. The van der Waals surface area contributed by atoms with Crippen LogP contribution in [0.4, 0.5) is 5.69 Å². The molecule has 15 heavy (non-hydrogen) atoms. The van der Waals surface area contributed by atoms with Crippen molar-refractivity contribution < 1.29 is 5.11 Å². The molecule has 84 valence electrons. The van der Waals surface area contributed by atoms with Gasteiger partial charge in [-0.25, -0.2) is 0 Å². The van der Waals surface area contributed by atoms with Crippen LogP contribution in [0, 0.1) is 5.92 Å². The number of hydrogen-bond donors (Lipinski definition) is 2. The Bertz CT molecular complexity index is 279. The van der Waals surface area contributed by atoms with Gasteiger partial charge in [-0.2, -0.15) is 0 Å². The average Bonchev–Trinajstić information content (AvgIpc) is 2.21. The molecule has 0 fully saturated rings. The quantitative estimate of drug-likeness (QED) is 0.778. The minimum absolute atomic E-state index is 0.217. The molecular formula is C13H21NO. The van der Waals surface area contributed by atoms with Crippen LogP contribution in [0.15, 0.2) is 24.3 Å². The van der Waals surface area contributed by atoms with Gasteiger partial charge in [0.1, 0.15) is 0 Å². The fourth-order valence-electron chi connectivity index (χ4n) is 1.33. The van der Waals surface area contributed by atoms with E-state index in [2.05, 4.69) is 50.4 Å². The fraction of sp³-hybridized carbons (Fsp3) is 0.538. The number of rotatable bonds is 5. The molecule has 0 aromatic heterocycles. The second kappa shape index (κ2) is 5.76. The highest BCUT2D eigenvalue weighted by atomic mass is 16.2. The normalized spacial score (nSPS) is 12.9. The zero-order chi connectivity index (χ0) is 11.3. The molecule has 1 aromatic carbocycles. The summed E-state index contributed by atoms with van der Waals surface area (Å²) in [4.78, 5) is 0. The topological polar surface area (TPSA) is 32.3 Å². The monoisotopic (exact) mass is 207 g/mol. The molecule has 0 aliphatic rings. The predicted molar refractivity (Wildman–Crippen MR) is 65.2 cm³/mol. The standard InChI is InChI=1S/C13H21NO/c1-10(2)11(3)14-13-6-4-12(5-7-13)8-9-15/h4-7,10-11,14-15H,8-9H2,1-3H3/t11-/m0/s1. The first-order valence-electron chi connectivity index (χ1n) is 5.60. The first-order chi connectivity index (χ1) is 7.13. The molecule has 0 unspecified atom stereocenters. The molecule has 0 bridgehead atoms. The molecule has 2 heteroatoms.